The number of amides is 1. The maximum atomic E-state index is 11.9. The fourth-order valence-electron chi connectivity index (χ4n) is 1.88. The van der Waals surface area contributed by atoms with Crippen LogP contribution in [0.15, 0.2) is 24.3 Å². The Kier molecular flexibility index (Phi) is 5.25. The van der Waals surface area contributed by atoms with E-state index in [1.54, 1.807) is 0 Å². The van der Waals surface area contributed by atoms with Gasteiger partial charge >= 0.3 is 0 Å². The van der Waals surface area contributed by atoms with Gasteiger partial charge in [0.2, 0.25) is 5.91 Å². The van der Waals surface area contributed by atoms with E-state index in [-0.39, 0.29) is 5.91 Å². The quantitative estimate of drug-likeness (QED) is 0.828. The molecule has 1 aromatic rings. The molecule has 2 rings (SSSR count). The van der Waals surface area contributed by atoms with Gasteiger partial charge in [0.15, 0.2) is 0 Å². The van der Waals surface area contributed by atoms with E-state index in [1.165, 1.54) is 0 Å². The molecule has 4 nitrogen and oxygen atoms in total. The SMILES string of the molecule is O=C(CCOc1ccccc1I)N1CCNCC1. The van der Waals surface area contributed by atoms with Crippen molar-refractivity contribution in [1.82, 2.24) is 10.2 Å². The maximum Gasteiger partial charge on any atom is 0.226 e. The summed E-state index contributed by atoms with van der Waals surface area (Å²) in [6.45, 7) is 3.85. The van der Waals surface area contributed by atoms with Gasteiger partial charge in [0.05, 0.1) is 16.6 Å². The number of nitrogens with one attached hydrogen (secondary N) is 1. The molecule has 0 spiro atoms. The molecule has 1 aromatic carbocycles. The lowest BCUT2D eigenvalue weighted by atomic mass is 10.3. The molecular formula is C13H17IN2O2. The molecule has 0 radical (unpaired) electrons. The van der Waals surface area contributed by atoms with Crippen LogP contribution in [0.4, 0.5) is 0 Å². The van der Waals surface area contributed by atoms with E-state index in [0.29, 0.717) is 13.0 Å². The topological polar surface area (TPSA) is 41.6 Å². The van der Waals surface area contributed by atoms with Crippen LogP contribution in [0, 0.1) is 3.57 Å². The molecule has 0 bridgehead atoms. The minimum absolute atomic E-state index is 0.183. The Morgan fingerprint density at radius 2 is 2.06 bits per heavy atom. The number of benzene rings is 1. The van der Waals surface area contributed by atoms with Gasteiger partial charge in [-0.1, -0.05) is 12.1 Å². The van der Waals surface area contributed by atoms with Crippen LogP contribution in [0.25, 0.3) is 0 Å². The molecule has 1 aliphatic rings. The van der Waals surface area contributed by atoms with Crippen LogP contribution in [0.5, 0.6) is 5.75 Å². The molecule has 0 atom stereocenters. The van der Waals surface area contributed by atoms with Gasteiger partial charge in [-0.25, -0.2) is 0 Å². The molecule has 1 N–H and O–H groups in total. The third-order valence-corrected chi connectivity index (χ3v) is 3.77. The van der Waals surface area contributed by atoms with Gasteiger partial charge < -0.3 is 15.0 Å². The summed E-state index contributed by atoms with van der Waals surface area (Å²) in [7, 11) is 0. The van der Waals surface area contributed by atoms with Gasteiger partial charge in [-0.2, -0.15) is 0 Å². The number of halogens is 1. The summed E-state index contributed by atoms with van der Waals surface area (Å²) in [5.41, 5.74) is 0. The Labute approximate surface area is 121 Å². The number of rotatable bonds is 4. The second-order valence-corrected chi connectivity index (χ2v) is 5.32. The number of nitrogens with zero attached hydrogens (tertiary/aromatic N) is 1. The highest BCUT2D eigenvalue weighted by Gasteiger charge is 2.15. The van der Waals surface area contributed by atoms with Gasteiger partial charge in [0, 0.05) is 26.2 Å². The summed E-state index contributed by atoms with van der Waals surface area (Å²) >= 11 is 2.23. The summed E-state index contributed by atoms with van der Waals surface area (Å²) in [6.07, 6.45) is 0.449. The molecule has 0 aromatic heterocycles. The summed E-state index contributed by atoms with van der Waals surface area (Å²) < 4.78 is 6.70. The lowest BCUT2D eigenvalue weighted by molar-refractivity contribution is -0.132. The first-order valence-corrected chi connectivity index (χ1v) is 7.21. The fraction of sp³-hybridized carbons (Fsp3) is 0.462. The van der Waals surface area contributed by atoms with Crippen molar-refractivity contribution >= 4 is 28.5 Å². The Hall–Kier alpha value is -0.820. The highest BCUT2D eigenvalue weighted by Crippen LogP contribution is 2.19. The van der Waals surface area contributed by atoms with Gasteiger partial charge in [-0.05, 0) is 34.7 Å². The molecule has 0 unspecified atom stereocenters. The molecule has 1 fully saturated rings. The number of carbonyl (C=O) groups excluding carboxylic acids is 1. The summed E-state index contributed by atoms with van der Waals surface area (Å²) in [5.74, 6) is 1.04. The van der Waals surface area contributed by atoms with Gasteiger partial charge in [0.25, 0.3) is 0 Å². The van der Waals surface area contributed by atoms with Crippen LogP contribution in [0.2, 0.25) is 0 Å². The smallest absolute Gasteiger partial charge is 0.226 e. The van der Waals surface area contributed by atoms with Crippen LogP contribution in [-0.2, 0) is 4.79 Å². The zero-order valence-electron chi connectivity index (χ0n) is 10.2. The molecule has 18 heavy (non-hydrogen) atoms. The van der Waals surface area contributed by atoms with E-state index < -0.39 is 0 Å². The van der Waals surface area contributed by atoms with Crippen molar-refractivity contribution in [2.24, 2.45) is 0 Å². The predicted octanol–water partition coefficient (Wildman–Crippen LogP) is 1.49. The largest absolute Gasteiger partial charge is 0.492 e. The second-order valence-electron chi connectivity index (χ2n) is 4.16. The maximum absolute atomic E-state index is 11.9. The zero-order valence-corrected chi connectivity index (χ0v) is 12.4. The Bertz CT molecular complexity index is 406. The highest BCUT2D eigenvalue weighted by molar-refractivity contribution is 14.1. The third kappa shape index (κ3) is 3.84. The highest BCUT2D eigenvalue weighted by atomic mass is 127. The number of hydrogen-bond donors (Lipinski definition) is 1. The van der Waals surface area contributed by atoms with E-state index in [1.807, 2.05) is 29.2 Å². The number of carbonyl (C=O) groups is 1. The molecular weight excluding hydrogens is 343 g/mol. The third-order valence-electron chi connectivity index (χ3n) is 2.88. The van der Waals surface area contributed by atoms with Crippen molar-refractivity contribution in [2.75, 3.05) is 32.8 Å². The predicted molar refractivity (Wildman–Crippen MR) is 78.7 cm³/mol. The van der Waals surface area contributed by atoms with Crippen molar-refractivity contribution in [1.29, 1.82) is 0 Å². The van der Waals surface area contributed by atoms with Gasteiger partial charge in [-0.3, -0.25) is 4.79 Å². The minimum atomic E-state index is 0.183. The van der Waals surface area contributed by atoms with E-state index in [9.17, 15) is 4.79 Å². The fourth-order valence-corrected chi connectivity index (χ4v) is 2.43. The Morgan fingerprint density at radius 3 is 2.78 bits per heavy atom. The first-order chi connectivity index (χ1) is 8.77. The van der Waals surface area contributed by atoms with Crippen molar-refractivity contribution in [3.8, 4) is 5.75 Å². The van der Waals surface area contributed by atoms with Crippen LogP contribution < -0.4 is 10.1 Å². The van der Waals surface area contributed by atoms with Crippen molar-refractivity contribution in [3.05, 3.63) is 27.8 Å². The normalized spacial score (nSPS) is 15.5. The average molecular weight is 360 g/mol. The lowest BCUT2D eigenvalue weighted by Crippen LogP contribution is -2.46. The van der Waals surface area contributed by atoms with Crippen LogP contribution in [-0.4, -0.2) is 43.6 Å². The van der Waals surface area contributed by atoms with Crippen molar-refractivity contribution in [3.63, 3.8) is 0 Å². The Balaban J connectivity index is 1.75. The van der Waals surface area contributed by atoms with E-state index in [4.69, 9.17) is 4.74 Å². The molecule has 98 valence electrons. The molecule has 1 amide bonds. The number of piperazine rings is 1. The average Bonchev–Trinajstić information content (AvgIpc) is 2.42. The molecule has 1 aliphatic heterocycles. The first-order valence-electron chi connectivity index (χ1n) is 6.13. The molecule has 0 aliphatic carbocycles. The summed E-state index contributed by atoms with van der Waals surface area (Å²) in [5, 5.41) is 3.23. The standard InChI is InChI=1S/C13H17IN2O2/c14-11-3-1-2-4-12(11)18-10-5-13(17)16-8-6-15-7-9-16/h1-4,15H,5-10H2. The van der Waals surface area contributed by atoms with Crippen molar-refractivity contribution in [2.45, 2.75) is 6.42 Å². The van der Waals surface area contributed by atoms with E-state index >= 15 is 0 Å². The van der Waals surface area contributed by atoms with Crippen LogP contribution >= 0.6 is 22.6 Å². The molecule has 5 heteroatoms. The molecule has 1 saturated heterocycles. The van der Waals surface area contributed by atoms with Crippen molar-refractivity contribution < 1.29 is 9.53 Å². The van der Waals surface area contributed by atoms with Gasteiger partial charge in [-0.15, -0.1) is 0 Å². The van der Waals surface area contributed by atoms with E-state index in [2.05, 4.69) is 27.9 Å². The lowest BCUT2D eigenvalue weighted by Gasteiger charge is -2.27. The van der Waals surface area contributed by atoms with Gasteiger partial charge in [0.1, 0.15) is 5.75 Å². The zero-order chi connectivity index (χ0) is 12.8. The summed E-state index contributed by atoms with van der Waals surface area (Å²) in [6, 6.07) is 7.83. The van der Waals surface area contributed by atoms with Crippen LogP contribution in [0.1, 0.15) is 6.42 Å². The second kappa shape index (κ2) is 6.94. The first kappa shape index (κ1) is 13.6. The minimum Gasteiger partial charge on any atom is -0.492 e. The molecule has 1 heterocycles. The summed E-state index contributed by atoms with van der Waals surface area (Å²) in [4.78, 5) is 13.8. The van der Waals surface area contributed by atoms with Crippen LogP contribution in [0.3, 0.4) is 0 Å². The number of para-hydroxylation sites is 1. The monoisotopic (exact) mass is 360 g/mol. The Morgan fingerprint density at radius 1 is 1.33 bits per heavy atom. The molecule has 0 saturated carbocycles. The number of ether oxygens (including phenoxy) is 1. The number of hydrogen-bond acceptors (Lipinski definition) is 3. The van der Waals surface area contributed by atoms with E-state index in [0.717, 1.165) is 35.5 Å².